The first-order chi connectivity index (χ1) is 15.5. The van der Waals surface area contributed by atoms with E-state index in [1.807, 2.05) is 48.3 Å². The fourth-order valence-electron chi connectivity index (χ4n) is 4.94. The topological polar surface area (TPSA) is 64.1 Å². The number of carbonyl (C=O) groups excluding carboxylic acids is 2. The highest BCUT2D eigenvalue weighted by Crippen LogP contribution is 2.32. The van der Waals surface area contributed by atoms with Crippen LogP contribution in [0.2, 0.25) is 0 Å². The Morgan fingerprint density at radius 2 is 1.72 bits per heavy atom. The monoisotopic (exact) mass is 429 g/mol. The van der Waals surface area contributed by atoms with Gasteiger partial charge < -0.3 is 19.8 Å². The molecule has 1 saturated heterocycles. The van der Waals surface area contributed by atoms with Gasteiger partial charge in [-0.3, -0.25) is 9.59 Å². The second-order valence-electron chi connectivity index (χ2n) is 8.65. The molecule has 0 aliphatic carbocycles. The Morgan fingerprint density at radius 1 is 0.938 bits per heavy atom. The van der Waals surface area contributed by atoms with Gasteiger partial charge in [0.25, 0.3) is 5.91 Å². The maximum Gasteiger partial charge on any atom is 0.258 e. The van der Waals surface area contributed by atoms with E-state index in [0.717, 1.165) is 29.6 Å². The molecule has 0 saturated carbocycles. The molecule has 1 atom stereocenters. The van der Waals surface area contributed by atoms with Gasteiger partial charge >= 0.3 is 0 Å². The van der Waals surface area contributed by atoms with Crippen molar-refractivity contribution in [3.63, 3.8) is 0 Å². The standard InChI is InChI=1S/C26H27N3O3/c1-27-15-16-28(17-19-8-3-5-10-22(19)27)26(32)23-11-6-14-29(23)25(31)21-13-12-18-7-2-4-9-20(18)24(21)30/h2-5,7-10,12-13,23,30H,6,11,14-17H2,1H3. The predicted molar refractivity (Wildman–Crippen MR) is 125 cm³/mol. The lowest BCUT2D eigenvalue weighted by atomic mass is 10.0. The summed E-state index contributed by atoms with van der Waals surface area (Å²) in [5, 5.41) is 12.3. The number of aromatic hydroxyl groups is 1. The molecule has 2 amide bonds. The molecule has 2 heterocycles. The first-order valence-corrected chi connectivity index (χ1v) is 11.1. The minimum atomic E-state index is -0.496. The van der Waals surface area contributed by atoms with Gasteiger partial charge in [-0.2, -0.15) is 0 Å². The van der Waals surface area contributed by atoms with Gasteiger partial charge in [-0.15, -0.1) is 0 Å². The molecule has 0 aromatic heterocycles. The molecular formula is C26H27N3O3. The number of carbonyl (C=O) groups is 2. The van der Waals surface area contributed by atoms with E-state index < -0.39 is 6.04 Å². The molecule has 1 unspecified atom stereocenters. The van der Waals surface area contributed by atoms with Crippen LogP contribution in [0.5, 0.6) is 5.75 Å². The van der Waals surface area contributed by atoms with E-state index in [-0.39, 0.29) is 23.1 Å². The quantitative estimate of drug-likeness (QED) is 0.676. The van der Waals surface area contributed by atoms with Crippen molar-refractivity contribution in [3.05, 3.63) is 71.8 Å². The summed E-state index contributed by atoms with van der Waals surface area (Å²) in [6.07, 6.45) is 1.42. The summed E-state index contributed by atoms with van der Waals surface area (Å²) in [6, 6.07) is 18.6. The number of rotatable bonds is 2. The number of benzene rings is 3. The number of hydrogen-bond donors (Lipinski definition) is 1. The third-order valence-electron chi connectivity index (χ3n) is 6.71. The third-order valence-corrected chi connectivity index (χ3v) is 6.71. The van der Waals surface area contributed by atoms with Gasteiger partial charge in [0.15, 0.2) is 0 Å². The van der Waals surface area contributed by atoms with Crippen molar-refractivity contribution >= 4 is 28.3 Å². The van der Waals surface area contributed by atoms with Crippen molar-refractivity contribution in [1.29, 1.82) is 0 Å². The van der Waals surface area contributed by atoms with Crippen LogP contribution in [-0.4, -0.2) is 59.4 Å². The lowest BCUT2D eigenvalue weighted by molar-refractivity contribution is -0.135. The van der Waals surface area contributed by atoms with Crippen LogP contribution in [0.25, 0.3) is 10.8 Å². The Balaban J connectivity index is 1.41. The van der Waals surface area contributed by atoms with Crippen molar-refractivity contribution in [2.24, 2.45) is 0 Å². The Labute approximate surface area is 187 Å². The molecule has 164 valence electrons. The first kappa shape index (κ1) is 20.4. The van der Waals surface area contributed by atoms with E-state index in [1.54, 1.807) is 17.0 Å². The minimum Gasteiger partial charge on any atom is -0.506 e. The van der Waals surface area contributed by atoms with Crippen molar-refractivity contribution in [2.75, 3.05) is 31.6 Å². The smallest absolute Gasteiger partial charge is 0.258 e. The summed E-state index contributed by atoms with van der Waals surface area (Å²) in [4.78, 5) is 32.7. The SMILES string of the molecule is CN1CCN(C(=O)C2CCCN2C(=O)c2ccc3ccccc3c2O)Cc2ccccc21. The van der Waals surface area contributed by atoms with Crippen LogP contribution in [0, 0.1) is 0 Å². The van der Waals surface area contributed by atoms with Gasteiger partial charge in [-0.25, -0.2) is 0 Å². The van der Waals surface area contributed by atoms with E-state index in [2.05, 4.69) is 17.0 Å². The lowest BCUT2D eigenvalue weighted by Gasteiger charge is -2.30. The number of para-hydroxylation sites is 1. The zero-order chi connectivity index (χ0) is 22.2. The molecule has 6 nitrogen and oxygen atoms in total. The molecule has 0 bridgehead atoms. The summed E-state index contributed by atoms with van der Waals surface area (Å²) in [6.45, 7) is 2.42. The maximum atomic E-state index is 13.6. The molecular weight excluding hydrogens is 402 g/mol. The first-order valence-electron chi connectivity index (χ1n) is 11.1. The largest absolute Gasteiger partial charge is 0.506 e. The van der Waals surface area contributed by atoms with Crippen LogP contribution in [0.3, 0.4) is 0 Å². The molecule has 1 fully saturated rings. The number of amides is 2. The van der Waals surface area contributed by atoms with Crippen molar-refractivity contribution in [3.8, 4) is 5.75 Å². The van der Waals surface area contributed by atoms with Crippen LogP contribution < -0.4 is 4.90 Å². The van der Waals surface area contributed by atoms with E-state index >= 15 is 0 Å². The number of hydrogen-bond acceptors (Lipinski definition) is 4. The number of phenolic OH excluding ortho intramolecular Hbond substituents is 1. The van der Waals surface area contributed by atoms with Crippen LogP contribution in [0.4, 0.5) is 5.69 Å². The fourth-order valence-corrected chi connectivity index (χ4v) is 4.94. The second-order valence-corrected chi connectivity index (χ2v) is 8.65. The average Bonchev–Trinajstić information content (AvgIpc) is 3.25. The van der Waals surface area contributed by atoms with Gasteiger partial charge in [0, 0.05) is 44.3 Å². The highest BCUT2D eigenvalue weighted by Gasteiger charge is 2.38. The Bertz CT molecular complexity index is 1190. The van der Waals surface area contributed by atoms with Gasteiger partial charge in [-0.1, -0.05) is 48.5 Å². The summed E-state index contributed by atoms with van der Waals surface area (Å²) in [7, 11) is 2.04. The van der Waals surface area contributed by atoms with Gasteiger partial charge in [0.2, 0.25) is 5.91 Å². The van der Waals surface area contributed by atoms with Crippen LogP contribution >= 0.6 is 0 Å². The molecule has 0 spiro atoms. The van der Waals surface area contributed by atoms with Crippen LogP contribution in [-0.2, 0) is 11.3 Å². The molecule has 3 aromatic rings. The molecule has 6 heteroatoms. The second kappa shape index (κ2) is 8.19. The van der Waals surface area contributed by atoms with E-state index in [0.29, 0.717) is 31.4 Å². The number of fused-ring (bicyclic) bond motifs is 2. The summed E-state index contributed by atoms with van der Waals surface area (Å²) in [5.74, 6) is -0.311. The molecule has 5 rings (SSSR count). The zero-order valence-corrected chi connectivity index (χ0v) is 18.2. The van der Waals surface area contributed by atoms with E-state index in [9.17, 15) is 14.7 Å². The zero-order valence-electron chi connectivity index (χ0n) is 18.2. The van der Waals surface area contributed by atoms with E-state index in [4.69, 9.17) is 0 Å². The van der Waals surface area contributed by atoms with Crippen molar-refractivity contribution < 1.29 is 14.7 Å². The van der Waals surface area contributed by atoms with Gasteiger partial charge in [0.1, 0.15) is 11.8 Å². The average molecular weight is 430 g/mol. The fraction of sp³-hybridized carbons (Fsp3) is 0.308. The van der Waals surface area contributed by atoms with Crippen LogP contribution in [0.15, 0.2) is 60.7 Å². The number of likely N-dealkylation sites (tertiary alicyclic amines) is 1. The lowest BCUT2D eigenvalue weighted by Crippen LogP contribution is -2.48. The molecule has 2 aliphatic rings. The third kappa shape index (κ3) is 3.45. The molecule has 3 aromatic carbocycles. The molecule has 1 N–H and O–H groups in total. The van der Waals surface area contributed by atoms with Crippen LogP contribution in [0.1, 0.15) is 28.8 Å². The van der Waals surface area contributed by atoms with Crippen molar-refractivity contribution in [1.82, 2.24) is 9.80 Å². The predicted octanol–water partition coefficient (Wildman–Crippen LogP) is 3.63. The highest BCUT2D eigenvalue weighted by molar-refractivity contribution is 6.05. The normalized spacial score (nSPS) is 18.5. The molecule has 0 radical (unpaired) electrons. The number of anilines is 1. The molecule has 32 heavy (non-hydrogen) atoms. The number of phenols is 1. The molecule has 2 aliphatic heterocycles. The van der Waals surface area contributed by atoms with Gasteiger partial charge in [0.05, 0.1) is 5.56 Å². The Morgan fingerprint density at radius 3 is 2.59 bits per heavy atom. The van der Waals surface area contributed by atoms with E-state index in [1.165, 1.54) is 0 Å². The number of likely N-dealkylation sites (N-methyl/N-ethyl adjacent to an activating group) is 1. The highest BCUT2D eigenvalue weighted by atomic mass is 16.3. The Hall–Kier alpha value is -3.54. The Kier molecular flexibility index (Phi) is 5.21. The van der Waals surface area contributed by atoms with Gasteiger partial charge in [-0.05, 0) is 35.9 Å². The minimum absolute atomic E-state index is 0.0127. The maximum absolute atomic E-state index is 13.6. The summed E-state index contributed by atoms with van der Waals surface area (Å²) >= 11 is 0. The summed E-state index contributed by atoms with van der Waals surface area (Å²) < 4.78 is 0. The number of nitrogens with zero attached hydrogens (tertiary/aromatic N) is 3. The van der Waals surface area contributed by atoms with Crippen molar-refractivity contribution in [2.45, 2.75) is 25.4 Å². The summed E-state index contributed by atoms with van der Waals surface area (Å²) in [5.41, 5.74) is 2.51.